The number of hydrogen-bond acceptors (Lipinski definition) is 8. The lowest BCUT2D eigenvalue weighted by atomic mass is 9.77. The van der Waals surface area contributed by atoms with Crippen LogP contribution in [0.2, 0.25) is 0 Å². The molecule has 2 aromatic rings. The third-order valence-corrected chi connectivity index (χ3v) is 8.13. The predicted octanol–water partition coefficient (Wildman–Crippen LogP) is 3.88. The Hall–Kier alpha value is -2.96. The first-order valence-electron chi connectivity index (χ1n) is 12.5. The largest absolute Gasteiger partial charge is 0.380 e. The number of rotatable bonds is 5. The van der Waals surface area contributed by atoms with E-state index in [1.807, 2.05) is 12.1 Å². The van der Waals surface area contributed by atoms with Crippen LogP contribution < -0.4 is 15.5 Å². The molecule has 1 aromatic carbocycles. The SMILES string of the molecule is CC1(C)CC(Nc2nc(Nc3ccc(N4CC5(COC5)C4)c(C#N)c3)ncc2F)C[C@@H]2CCCN21. The lowest BCUT2D eigenvalue weighted by Crippen LogP contribution is -2.66. The van der Waals surface area contributed by atoms with Crippen molar-refractivity contribution in [1.29, 1.82) is 5.26 Å². The van der Waals surface area contributed by atoms with Crippen LogP contribution in [0.3, 0.4) is 0 Å². The molecule has 5 heterocycles. The summed E-state index contributed by atoms with van der Waals surface area (Å²) in [5.41, 5.74) is 2.58. The number of nitrogens with zero attached hydrogens (tertiary/aromatic N) is 5. The molecular formula is C26H32FN7O. The minimum Gasteiger partial charge on any atom is -0.380 e. The maximum Gasteiger partial charge on any atom is 0.229 e. The van der Waals surface area contributed by atoms with Gasteiger partial charge in [-0.2, -0.15) is 10.2 Å². The Kier molecular flexibility index (Phi) is 5.35. The number of fused-ring (bicyclic) bond motifs is 1. The highest BCUT2D eigenvalue weighted by Crippen LogP contribution is 2.42. The summed E-state index contributed by atoms with van der Waals surface area (Å²) in [6.07, 6.45) is 5.56. The van der Waals surface area contributed by atoms with Gasteiger partial charge in [-0.25, -0.2) is 9.37 Å². The van der Waals surface area contributed by atoms with E-state index in [4.69, 9.17) is 4.74 Å². The molecule has 1 unspecified atom stereocenters. The maximum absolute atomic E-state index is 14.6. The molecule has 0 amide bonds. The summed E-state index contributed by atoms with van der Waals surface area (Å²) in [6, 6.07) is 8.67. The van der Waals surface area contributed by atoms with Crippen molar-refractivity contribution >= 4 is 23.1 Å². The molecule has 2 atom stereocenters. The first kappa shape index (κ1) is 22.5. The molecule has 8 nitrogen and oxygen atoms in total. The molecule has 4 aliphatic heterocycles. The van der Waals surface area contributed by atoms with Crippen LogP contribution in [0.5, 0.6) is 0 Å². The van der Waals surface area contributed by atoms with Gasteiger partial charge in [-0.3, -0.25) is 4.90 Å². The second-order valence-corrected chi connectivity index (χ2v) is 11.3. The maximum atomic E-state index is 14.6. The van der Waals surface area contributed by atoms with Crippen molar-refractivity contribution < 1.29 is 9.13 Å². The van der Waals surface area contributed by atoms with Gasteiger partial charge in [0, 0.05) is 36.4 Å². The van der Waals surface area contributed by atoms with Crippen LogP contribution >= 0.6 is 0 Å². The highest BCUT2D eigenvalue weighted by molar-refractivity contribution is 5.69. The Morgan fingerprint density at radius 1 is 1.26 bits per heavy atom. The number of piperidine rings is 1. The Balaban J connectivity index is 1.15. The summed E-state index contributed by atoms with van der Waals surface area (Å²) in [4.78, 5) is 13.4. The molecule has 0 radical (unpaired) electrons. The van der Waals surface area contributed by atoms with E-state index < -0.39 is 5.82 Å². The molecule has 1 spiro atoms. The van der Waals surface area contributed by atoms with Gasteiger partial charge in [0.2, 0.25) is 5.95 Å². The van der Waals surface area contributed by atoms with E-state index in [0.29, 0.717) is 23.2 Å². The Morgan fingerprint density at radius 3 is 2.83 bits per heavy atom. The van der Waals surface area contributed by atoms with Crippen molar-refractivity contribution in [3.8, 4) is 6.07 Å². The van der Waals surface area contributed by atoms with Gasteiger partial charge in [-0.15, -0.1) is 0 Å². The van der Waals surface area contributed by atoms with Crippen LogP contribution in [0.25, 0.3) is 0 Å². The average molecular weight is 478 g/mol. The van der Waals surface area contributed by atoms with Crippen molar-refractivity contribution in [3.05, 3.63) is 35.8 Å². The summed E-state index contributed by atoms with van der Waals surface area (Å²) in [5, 5.41) is 16.2. The van der Waals surface area contributed by atoms with Crippen LogP contribution in [-0.4, -0.2) is 65.3 Å². The summed E-state index contributed by atoms with van der Waals surface area (Å²) < 4.78 is 20.0. The van der Waals surface area contributed by atoms with Crippen molar-refractivity contribution in [1.82, 2.24) is 14.9 Å². The van der Waals surface area contributed by atoms with Crippen LogP contribution in [0.15, 0.2) is 24.4 Å². The van der Waals surface area contributed by atoms with Gasteiger partial charge in [0.05, 0.1) is 36.1 Å². The van der Waals surface area contributed by atoms with E-state index in [0.717, 1.165) is 51.4 Å². The van der Waals surface area contributed by atoms with E-state index in [-0.39, 0.29) is 22.8 Å². The quantitative estimate of drug-likeness (QED) is 0.671. The molecule has 184 valence electrons. The lowest BCUT2D eigenvalue weighted by Gasteiger charge is -2.56. The van der Waals surface area contributed by atoms with Gasteiger partial charge >= 0.3 is 0 Å². The molecule has 9 heteroatoms. The van der Waals surface area contributed by atoms with Crippen LogP contribution in [0.1, 0.15) is 45.1 Å². The van der Waals surface area contributed by atoms with Crippen LogP contribution in [-0.2, 0) is 4.74 Å². The van der Waals surface area contributed by atoms with Crippen molar-refractivity contribution in [3.63, 3.8) is 0 Å². The van der Waals surface area contributed by atoms with Gasteiger partial charge in [-0.05, 0) is 64.3 Å². The Labute approximate surface area is 205 Å². The number of benzene rings is 1. The Morgan fingerprint density at radius 2 is 2.09 bits per heavy atom. The molecular weight excluding hydrogens is 445 g/mol. The second-order valence-electron chi connectivity index (χ2n) is 11.3. The predicted molar refractivity (Wildman–Crippen MR) is 132 cm³/mol. The summed E-state index contributed by atoms with van der Waals surface area (Å²) >= 11 is 0. The van der Waals surface area contributed by atoms with Crippen LogP contribution in [0, 0.1) is 22.6 Å². The van der Waals surface area contributed by atoms with E-state index in [1.165, 1.54) is 19.0 Å². The van der Waals surface area contributed by atoms with Crippen LogP contribution in [0.4, 0.5) is 27.5 Å². The summed E-state index contributed by atoms with van der Waals surface area (Å²) in [5.74, 6) is 0.0695. The third-order valence-electron chi connectivity index (χ3n) is 8.13. The molecule has 35 heavy (non-hydrogen) atoms. The highest BCUT2D eigenvalue weighted by atomic mass is 19.1. The van der Waals surface area contributed by atoms with E-state index in [9.17, 15) is 9.65 Å². The number of nitrogens with one attached hydrogen (secondary N) is 2. The molecule has 6 rings (SSSR count). The molecule has 4 aliphatic rings. The zero-order valence-corrected chi connectivity index (χ0v) is 20.4. The number of anilines is 4. The summed E-state index contributed by atoms with van der Waals surface area (Å²) in [7, 11) is 0. The normalized spacial score (nSPS) is 26.4. The van der Waals surface area contributed by atoms with Gasteiger partial charge in [-0.1, -0.05) is 0 Å². The second kappa shape index (κ2) is 8.32. The standard InChI is InChI=1S/C26H32FN7O/c1-25(2)10-19(9-20-4-3-7-34(20)25)30-23-21(27)12-29-24(32-23)31-18-5-6-22(17(8-18)11-28)33-13-26(14-33)15-35-16-26/h5-6,8,12,19-20H,3-4,7,9-10,13-16H2,1-2H3,(H2,29,30,31,32)/t19?,20-/m0/s1. The van der Waals surface area contributed by atoms with E-state index in [1.54, 1.807) is 6.07 Å². The van der Waals surface area contributed by atoms with Crippen molar-refractivity contribution in [2.24, 2.45) is 5.41 Å². The minimum absolute atomic E-state index is 0.0822. The zero-order chi connectivity index (χ0) is 24.2. The molecule has 4 saturated heterocycles. The number of nitriles is 1. The van der Waals surface area contributed by atoms with E-state index in [2.05, 4.69) is 50.3 Å². The third kappa shape index (κ3) is 4.09. The monoisotopic (exact) mass is 477 g/mol. The summed E-state index contributed by atoms with van der Waals surface area (Å²) in [6.45, 7) is 9.15. The smallest absolute Gasteiger partial charge is 0.229 e. The number of hydrogen-bond donors (Lipinski definition) is 2. The fourth-order valence-corrected chi connectivity index (χ4v) is 6.46. The number of aromatic nitrogens is 2. The number of ether oxygens (including phenoxy) is 1. The van der Waals surface area contributed by atoms with E-state index >= 15 is 0 Å². The first-order chi connectivity index (χ1) is 16.8. The Bertz CT molecular complexity index is 1170. The molecule has 2 N–H and O–H groups in total. The molecule has 0 aliphatic carbocycles. The van der Waals surface area contributed by atoms with Gasteiger partial charge in [0.15, 0.2) is 11.6 Å². The molecule has 4 fully saturated rings. The average Bonchev–Trinajstić information content (AvgIpc) is 3.24. The first-order valence-corrected chi connectivity index (χ1v) is 12.5. The fourth-order valence-electron chi connectivity index (χ4n) is 6.46. The molecule has 1 aromatic heterocycles. The zero-order valence-electron chi connectivity index (χ0n) is 20.4. The minimum atomic E-state index is -0.457. The highest BCUT2D eigenvalue weighted by Gasteiger charge is 2.49. The fraction of sp³-hybridized carbons (Fsp3) is 0.577. The topological polar surface area (TPSA) is 89.3 Å². The molecule has 0 saturated carbocycles. The van der Waals surface area contributed by atoms with Gasteiger partial charge in [0.25, 0.3) is 0 Å². The van der Waals surface area contributed by atoms with Gasteiger partial charge < -0.3 is 20.3 Å². The van der Waals surface area contributed by atoms with Crippen molar-refractivity contribution in [2.45, 2.75) is 57.2 Å². The lowest BCUT2D eigenvalue weighted by molar-refractivity contribution is -0.127. The van der Waals surface area contributed by atoms with Gasteiger partial charge in [0.1, 0.15) is 6.07 Å². The molecule has 0 bridgehead atoms. The van der Waals surface area contributed by atoms with Crippen molar-refractivity contribution in [2.75, 3.05) is 48.4 Å². The number of halogens is 1.